The van der Waals surface area contributed by atoms with Gasteiger partial charge in [0.05, 0.1) is 0 Å². The molecule has 0 unspecified atom stereocenters. The van der Waals surface area contributed by atoms with Crippen molar-refractivity contribution in [2.24, 2.45) is 0 Å². The Balaban J connectivity index is 2.21. The Hall–Kier alpha value is -1.75. The molecule has 0 N–H and O–H groups in total. The van der Waals surface area contributed by atoms with Crippen LogP contribution in [0.15, 0.2) is 60.9 Å². The van der Waals surface area contributed by atoms with Crippen LogP contribution in [0.2, 0.25) is 0 Å². The maximum atomic E-state index is 13.3. The van der Waals surface area contributed by atoms with Gasteiger partial charge in [-0.2, -0.15) is 0 Å². The number of nitrogens with zero attached hydrogens (tertiary/aromatic N) is 1. The molecule has 0 fully saturated rings. The first-order valence-corrected chi connectivity index (χ1v) is 7.31. The number of pyridine rings is 1. The number of hydrogen-bond donors (Lipinski definition) is 0. The topological polar surface area (TPSA) is 3.88 Å². The van der Waals surface area contributed by atoms with E-state index in [4.69, 9.17) is 0 Å². The lowest BCUT2D eigenvalue weighted by Crippen LogP contribution is -2.16. The first-order valence-electron chi connectivity index (χ1n) is 6.34. The van der Waals surface area contributed by atoms with E-state index in [2.05, 4.69) is 53.3 Å². The Morgan fingerprint density at radius 1 is 0.750 bits per heavy atom. The fraction of sp³-hybridized carbons (Fsp3) is 0. The summed E-state index contributed by atoms with van der Waals surface area (Å²) in [6, 6.07) is 15.4. The number of aromatic nitrogens is 1. The number of hydrogen-bond acceptors (Lipinski definition) is 0. The van der Waals surface area contributed by atoms with Crippen LogP contribution in [0.5, 0.6) is 0 Å². The van der Waals surface area contributed by atoms with Gasteiger partial charge in [0.2, 0.25) is 0 Å². The third kappa shape index (κ3) is 1.77. The van der Waals surface area contributed by atoms with Crippen LogP contribution in [0.4, 0.5) is 4.39 Å². The van der Waals surface area contributed by atoms with Crippen molar-refractivity contribution in [2.75, 3.05) is 0 Å². The Morgan fingerprint density at radius 3 is 2.20 bits per heavy atom. The lowest BCUT2D eigenvalue weighted by atomic mass is 9.98. The lowest BCUT2D eigenvalue weighted by Gasteiger charge is -2.06. The standard InChI is InChI=1S/C17H10FIN/c18-13-3-6-14-11(9-13)1-4-17-15-7-8-20(19)10-12(15)2-5-16(14)17/h1-10H/q+1. The van der Waals surface area contributed by atoms with Gasteiger partial charge in [0, 0.05) is 16.8 Å². The van der Waals surface area contributed by atoms with Gasteiger partial charge in [-0.25, -0.2) is 4.39 Å². The normalized spacial score (nSPS) is 11.5. The highest BCUT2D eigenvalue weighted by molar-refractivity contribution is 14.1. The van der Waals surface area contributed by atoms with Crippen molar-refractivity contribution in [3.63, 3.8) is 0 Å². The predicted octanol–water partition coefficient (Wildman–Crippen LogP) is 4.77. The Morgan fingerprint density at radius 2 is 1.40 bits per heavy atom. The second-order valence-corrected chi connectivity index (χ2v) is 6.00. The Bertz CT molecular complexity index is 898. The molecule has 0 aliphatic rings. The van der Waals surface area contributed by atoms with Crippen LogP contribution in [0.3, 0.4) is 0 Å². The van der Waals surface area contributed by atoms with E-state index in [-0.39, 0.29) is 5.82 Å². The van der Waals surface area contributed by atoms with Gasteiger partial charge < -0.3 is 0 Å². The summed E-state index contributed by atoms with van der Waals surface area (Å²) in [5, 5.41) is 6.84. The van der Waals surface area contributed by atoms with Crippen molar-refractivity contribution in [1.29, 1.82) is 0 Å². The third-order valence-corrected chi connectivity index (χ3v) is 4.30. The van der Waals surface area contributed by atoms with E-state index >= 15 is 0 Å². The molecule has 0 spiro atoms. The predicted molar refractivity (Wildman–Crippen MR) is 88.5 cm³/mol. The number of halogens is 2. The van der Waals surface area contributed by atoms with Crippen molar-refractivity contribution >= 4 is 55.2 Å². The second kappa shape index (κ2) is 4.38. The van der Waals surface area contributed by atoms with E-state index in [0.717, 1.165) is 10.8 Å². The fourth-order valence-electron chi connectivity index (χ4n) is 2.78. The molecule has 1 heterocycles. The molecule has 1 nitrogen and oxygen atoms in total. The maximum absolute atomic E-state index is 13.3. The van der Waals surface area contributed by atoms with E-state index in [9.17, 15) is 4.39 Å². The smallest absolute Gasteiger partial charge is 0.207 e. The van der Waals surface area contributed by atoms with Crippen LogP contribution in [0.1, 0.15) is 0 Å². The van der Waals surface area contributed by atoms with Crippen molar-refractivity contribution in [2.45, 2.75) is 0 Å². The van der Waals surface area contributed by atoms with Crippen molar-refractivity contribution in [1.82, 2.24) is 0 Å². The van der Waals surface area contributed by atoms with Gasteiger partial charge >= 0.3 is 22.9 Å². The summed E-state index contributed by atoms with van der Waals surface area (Å²) in [6.45, 7) is 0. The minimum atomic E-state index is -0.191. The minimum Gasteiger partial charge on any atom is -0.207 e. The molecule has 1 aromatic heterocycles. The van der Waals surface area contributed by atoms with Crippen LogP contribution in [-0.2, 0) is 0 Å². The van der Waals surface area contributed by atoms with Gasteiger partial charge in [-0.3, -0.25) is 0 Å². The van der Waals surface area contributed by atoms with Crippen molar-refractivity contribution < 1.29 is 7.17 Å². The average molecular weight is 374 g/mol. The molecule has 20 heavy (non-hydrogen) atoms. The van der Waals surface area contributed by atoms with E-state index < -0.39 is 0 Å². The highest BCUT2D eigenvalue weighted by Crippen LogP contribution is 2.30. The van der Waals surface area contributed by atoms with Gasteiger partial charge in [-0.1, -0.05) is 24.3 Å². The molecule has 0 saturated heterocycles. The van der Waals surface area contributed by atoms with E-state index in [1.54, 1.807) is 6.07 Å². The molecular formula is C17H10FIN+. The quantitative estimate of drug-likeness (QED) is 0.308. The van der Waals surface area contributed by atoms with Crippen LogP contribution >= 0.6 is 22.9 Å². The first kappa shape index (κ1) is 12.0. The number of rotatable bonds is 0. The zero-order valence-electron chi connectivity index (χ0n) is 10.5. The van der Waals surface area contributed by atoms with Crippen molar-refractivity contribution in [3.8, 4) is 0 Å². The Labute approximate surface area is 129 Å². The molecule has 3 aromatic carbocycles. The highest BCUT2D eigenvalue weighted by Gasteiger charge is 2.07. The van der Waals surface area contributed by atoms with Crippen LogP contribution in [-0.4, -0.2) is 0 Å². The lowest BCUT2D eigenvalue weighted by molar-refractivity contribution is -0.438. The van der Waals surface area contributed by atoms with Crippen LogP contribution < -0.4 is 2.78 Å². The minimum absolute atomic E-state index is 0.191. The summed E-state index contributed by atoms with van der Waals surface area (Å²) >= 11 is 2.24. The van der Waals surface area contributed by atoms with E-state index in [0.29, 0.717) is 0 Å². The van der Waals surface area contributed by atoms with Crippen molar-refractivity contribution in [3.05, 3.63) is 66.7 Å². The molecule has 0 aliphatic heterocycles. The van der Waals surface area contributed by atoms with Gasteiger partial charge in [-0.15, -0.1) is 2.78 Å². The SMILES string of the molecule is Fc1ccc2c(ccc3c4cc[n+](I)cc4ccc23)c1. The molecule has 4 aromatic rings. The number of benzene rings is 3. The molecule has 0 bridgehead atoms. The monoisotopic (exact) mass is 374 g/mol. The zero-order chi connectivity index (χ0) is 13.7. The molecule has 96 valence electrons. The summed E-state index contributed by atoms with van der Waals surface area (Å²) < 4.78 is 15.3. The second-order valence-electron chi connectivity index (χ2n) is 4.88. The van der Waals surface area contributed by atoms with Gasteiger partial charge in [0.15, 0.2) is 12.4 Å². The number of fused-ring (bicyclic) bond motifs is 5. The van der Waals surface area contributed by atoms with Gasteiger partial charge in [-0.05, 0) is 39.7 Å². The average Bonchev–Trinajstić information content (AvgIpc) is 2.45. The summed E-state index contributed by atoms with van der Waals surface area (Å²) in [7, 11) is 0. The van der Waals surface area contributed by atoms with E-state index in [1.165, 1.54) is 27.6 Å². The fourth-order valence-corrected chi connectivity index (χ4v) is 3.24. The summed E-state index contributed by atoms with van der Waals surface area (Å²) in [4.78, 5) is 0. The maximum Gasteiger partial charge on any atom is 0.353 e. The molecule has 4 rings (SSSR count). The van der Waals surface area contributed by atoms with Crippen LogP contribution in [0, 0.1) is 5.82 Å². The summed E-state index contributed by atoms with van der Waals surface area (Å²) in [5.74, 6) is -0.191. The molecular weight excluding hydrogens is 364 g/mol. The summed E-state index contributed by atoms with van der Waals surface area (Å²) in [5.41, 5.74) is 0. The van der Waals surface area contributed by atoms with Crippen LogP contribution in [0.25, 0.3) is 32.3 Å². The zero-order valence-corrected chi connectivity index (χ0v) is 12.6. The molecule has 0 amide bonds. The van der Waals surface area contributed by atoms with E-state index in [1.807, 2.05) is 21.1 Å². The molecule has 0 saturated carbocycles. The first-order chi connectivity index (χ1) is 9.72. The molecule has 0 radical (unpaired) electrons. The summed E-state index contributed by atoms with van der Waals surface area (Å²) in [6.07, 6.45) is 4.14. The van der Waals surface area contributed by atoms with Gasteiger partial charge in [0.25, 0.3) is 0 Å². The Kier molecular flexibility index (Phi) is 2.63. The van der Waals surface area contributed by atoms with Gasteiger partial charge in [0.1, 0.15) is 5.82 Å². The molecule has 0 atom stereocenters. The molecule has 3 heteroatoms. The third-order valence-electron chi connectivity index (χ3n) is 3.70. The largest absolute Gasteiger partial charge is 0.353 e. The molecule has 0 aliphatic carbocycles. The highest BCUT2D eigenvalue weighted by atomic mass is 127.